The van der Waals surface area contributed by atoms with Crippen LogP contribution in [0.2, 0.25) is 5.02 Å². The number of halogens is 1. The van der Waals surface area contributed by atoms with Gasteiger partial charge >= 0.3 is 0 Å². The van der Waals surface area contributed by atoms with Crippen molar-refractivity contribution in [2.75, 3.05) is 12.3 Å². The molecule has 0 aromatic heterocycles. The van der Waals surface area contributed by atoms with Gasteiger partial charge in [0, 0.05) is 17.9 Å². The van der Waals surface area contributed by atoms with Gasteiger partial charge in [0.25, 0.3) is 0 Å². The monoisotopic (exact) mass is 281 g/mol. The van der Waals surface area contributed by atoms with Crippen LogP contribution in [0.15, 0.2) is 18.2 Å². The fourth-order valence-corrected chi connectivity index (χ4v) is 3.44. The molecule has 1 saturated carbocycles. The van der Waals surface area contributed by atoms with Crippen LogP contribution in [0.25, 0.3) is 0 Å². The number of nitrogen functional groups attached to an aromatic ring is 1. The summed E-state index contributed by atoms with van der Waals surface area (Å²) in [5, 5.41) is 0.643. The first-order valence-electron chi connectivity index (χ1n) is 7.03. The number of rotatable bonds is 2. The Bertz CT molecular complexity index is 457. The van der Waals surface area contributed by atoms with E-state index in [2.05, 4.69) is 0 Å². The topological polar surface area (TPSA) is 44.5 Å². The van der Waals surface area contributed by atoms with Gasteiger partial charge in [-0.1, -0.05) is 24.4 Å². The molecule has 2 aliphatic rings. The normalized spacial score (nSPS) is 25.6. The smallest absolute Gasteiger partial charge is 0.142 e. The first-order valence-corrected chi connectivity index (χ1v) is 7.40. The summed E-state index contributed by atoms with van der Waals surface area (Å²) in [5.41, 5.74) is 6.63. The van der Waals surface area contributed by atoms with Crippen molar-refractivity contribution in [2.24, 2.45) is 0 Å². The third-order valence-corrected chi connectivity index (χ3v) is 4.46. The third kappa shape index (κ3) is 2.82. The zero-order valence-electron chi connectivity index (χ0n) is 11.0. The van der Waals surface area contributed by atoms with Gasteiger partial charge in [0.2, 0.25) is 0 Å². The zero-order valence-corrected chi connectivity index (χ0v) is 11.8. The lowest BCUT2D eigenvalue weighted by atomic mass is 9.90. The van der Waals surface area contributed by atoms with E-state index in [0.29, 0.717) is 10.7 Å². The maximum absolute atomic E-state index is 6.06. The maximum atomic E-state index is 6.06. The Morgan fingerprint density at radius 2 is 2.11 bits per heavy atom. The number of benzene rings is 1. The molecule has 0 bridgehead atoms. The first kappa shape index (κ1) is 13.1. The van der Waals surface area contributed by atoms with E-state index in [1.807, 2.05) is 12.1 Å². The van der Waals surface area contributed by atoms with Crippen LogP contribution in [0, 0.1) is 0 Å². The van der Waals surface area contributed by atoms with E-state index in [-0.39, 0.29) is 11.7 Å². The number of anilines is 1. The third-order valence-electron chi connectivity index (χ3n) is 4.23. The van der Waals surface area contributed by atoms with Crippen molar-refractivity contribution < 1.29 is 9.47 Å². The van der Waals surface area contributed by atoms with E-state index in [1.165, 1.54) is 25.7 Å². The first-order chi connectivity index (χ1) is 9.17. The predicted octanol–water partition coefficient (Wildman–Crippen LogP) is 3.79. The fraction of sp³-hybridized carbons (Fsp3) is 0.600. The highest BCUT2D eigenvalue weighted by Crippen LogP contribution is 2.41. The van der Waals surface area contributed by atoms with Crippen LogP contribution in [-0.2, 0) is 4.74 Å². The standard InChI is InChI=1S/C15H20ClNO2/c16-11-3-4-14(13(17)9-11)19-12-5-8-18-15(10-12)6-1-2-7-15/h3-4,9,12H,1-2,5-8,10,17H2. The second-order valence-corrected chi connectivity index (χ2v) is 6.09. The summed E-state index contributed by atoms with van der Waals surface area (Å²) in [4.78, 5) is 0. The second kappa shape index (κ2) is 5.22. The molecule has 0 amide bonds. The molecule has 1 aromatic rings. The average molecular weight is 282 g/mol. The zero-order chi connectivity index (χ0) is 13.3. The maximum Gasteiger partial charge on any atom is 0.142 e. The molecule has 2 N–H and O–H groups in total. The highest BCUT2D eigenvalue weighted by atomic mass is 35.5. The van der Waals surface area contributed by atoms with Crippen molar-refractivity contribution in [1.29, 1.82) is 0 Å². The van der Waals surface area contributed by atoms with Gasteiger partial charge in [-0.25, -0.2) is 0 Å². The van der Waals surface area contributed by atoms with Gasteiger partial charge in [0.1, 0.15) is 11.9 Å². The Balaban J connectivity index is 1.69. The van der Waals surface area contributed by atoms with E-state index < -0.39 is 0 Å². The summed E-state index contributed by atoms with van der Waals surface area (Å²) in [5.74, 6) is 0.740. The lowest BCUT2D eigenvalue weighted by molar-refractivity contribution is -0.108. The van der Waals surface area contributed by atoms with Crippen LogP contribution < -0.4 is 10.5 Å². The lowest BCUT2D eigenvalue weighted by Crippen LogP contribution is -2.41. The molecule has 1 aliphatic carbocycles. The van der Waals surface area contributed by atoms with Crippen molar-refractivity contribution in [3.8, 4) is 5.75 Å². The Morgan fingerprint density at radius 1 is 1.32 bits per heavy atom. The molecule has 3 nitrogen and oxygen atoms in total. The molecule has 1 saturated heterocycles. The van der Waals surface area contributed by atoms with Gasteiger partial charge < -0.3 is 15.2 Å². The fourth-order valence-electron chi connectivity index (χ4n) is 3.26. The molecule has 3 rings (SSSR count). The summed E-state index contributed by atoms with van der Waals surface area (Å²) in [6.45, 7) is 0.790. The van der Waals surface area contributed by atoms with Crippen LogP contribution in [0.1, 0.15) is 38.5 Å². The van der Waals surface area contributed by atoms with E-state index in [0.717, 1.165) is 25.2 Å². The summed E-state index contributed by atoms with van der Waals surface area (Å²) in [7, 11) is 0. The average Bonchev–Trinajstić information content (AvgIpc) is 2.81. The van der Waals surface area contributed by atoms with Crippen LogP contribution >= 0.6 is 11.6 Å². The van der Waals surface area contributed by atoms with Crippen molar-refractivity contribution >= 4 is 17.3 Å². The summed E-state index contributed by atoms with van der Waals surface area (Å²) in [6.07, 6.45) is 7.01. The molecule has 1 spiro atoms. The Labute approximate surface area is 119 Å². The van der Waals surface area contributed by atoms with Gasteiger partial charge in [-0.15, -0.1) is 0 Å². The molecule has 19 heavy (non-hydrogen) atoms. The minimum Gasteiger partial charge on any atom is -0.488 e. The van der Waals surface area contributed by atoms with Crippen LogP contribution in [0.5, 0.6) is 5.75 Å². The second-order valence-electron chi connectivity index (χ2n) is 5.65. The molecule has 0 radical (unpaired) electrons. The highest BCUT2D eigenvalue weighted by molar-refractivity contribution is 6.30. The van der Waals surface area contributed by atoms with Gasteiger partial charge in [-0.3, -0.25) is 0 Å². The molecule has 1 aliphatic heterocycles. The van der Waals surface area contributed by atoms with E-state index in [4.69, 9.17) is 26.8 Å². The SMILES string of the molecule is Nc1cc(Cl)ccc1OC1CCOC2(CCCC2)C1. The van der Waals surface area contributed by atoms with E-state index in [9.17, 15) is 0 Å². The van der Waals surface area contributed by atoms with Crippen molar-refractivity contribution in [3.05, 3.63) is 23.2 Å². The molecule has 104 valence electrons. The molecule has 1 atom stereocenters. The quantitative estimate of drug-likeness (QED) is 0.839. The largest absolute Gasteiger partial charge is 0.488 e. The van der Waals surface area contributed by atoms with Crippen molar-refractivity contribution in [1.82, 2.24) is 0 Å². The molecular formula is C15H20ClNO2. The van der Waals surface area contributed by atoms with Gasteiger partial charge in [0.15, 0.2) is 0 Å². The van der Waals surface area contributed by atoms with E-state index in [1.54, 1.807) is 6.07 Å². The van der Waals surface area contributed by atoms with Gasteiger partial charge in [0.05, 0.1) is 17.9 Å². The molecule has 4 heteroatoms. The molecular weight excluding hydrogens is 262 g/mol. The molecule has 2 fully saturated rings. The minimum absolute atomic E-state index is 0.0735. The minimum atomic E-state index is 0.0735. The molecule has 1 aromatic carbocycles. The van der Waals surface area contributed by atoms with Crippen molar-refractivity contribution in [2.45, 2.75) is 50.2 Å². The molecule has 1 heterocycles. The number of hydrogen-bond donors (Lipinski definition) is 1. The van der Waals surface area contributed by atoms with Crippen LogP contribution in [0.3, 0.4) is 0 Å². The van der Waals surface area contributed by atoms with E-state index >= 15 is 0 Å². The van der Waals surface area contributed by atoms with Crippen molar-refractivity contribution in [3.63, 3.8) is 0 Å². The lowest BCUT2D eigenvalue weighted by Gasteiger charge is -2.38. The van der Waals surface area contributed by atoms with Crippen LogP contribution in [-0.4, -0.2) is 18.3 Å². The summed E-state index contributed by atoms with van der Waals surface area (Å²) >= 11 is 5.90. The Morgan fingerprint density at radius 3 is 2.84 bits per heavy atom. The number of nitrogens with two attached hydrogens (primary N) is 1. The summed E-state index contributed by atoms with van der Waals surface area (Å²) in [6, 6.07) is 5.41. The molecule has 1 unspecified atom stereocenters. The summed E-state index contributed by atoms with van der Waals surface area (Å²) < 4.78 is 12.1. The van der Waals surface area contributed by atoms with Gasteiger partial charge in [-0.05, 0) is 31.0 Å². The Kier molecular flexibility index (Phi) is 3.59. The highest BCUT2D eigenvalue weighted by Gasteiger charge is 2.40. The van der Waals surface area contributed by atoms with Crippen LogP contribution in [0.4, 0.5) is 5.69 Å². The Hall–Kier alpha value is -0.930. The number of ether oxygens (including phenoxy) is 2. The number of hydrogen-bond acceptors (Lipinski definition) is 3. The van der Waals surface area contributed by atoms with Gasteiger partial charge in [-0.2, -0.15) is 0 Å². The predicted molar refractivity (Wildman–Crippen MR) is 76.7 cm³/mol.